The molecule has 3 nitrogen and oxygen atoms in total. The fourth-order valence-electron chi connectivity index (χ4n) is 1.86. The Morgan fingerprint density at radius 1 is 1.18 bits per heavy atom. The summed E-state index contributed by atoms with van der Waals surface area (Å²) in [5.74, 6) is 0.941. The highest BCUT2D eigenvalue weighted by Crippen LogP contribution is 2.18. The minimum atomic E-state index is 0.380. The van der Waals surface area contributed by atoms with Crippen molar-refractivity contribution in [3.05, 3.63) is 29.8 Å². The van der Waals surface area contributed by atoms with Crippen LogP contribution >= 0.6 is 0 Å². The van der Waals surface area contributed by atoms with Gasteiger partial charge in [0.2, 0.25) is 0 Å². The summed E-state index contributed by atoms with van der Waals surface area (Å²) < 4.78 is 5.45. The molecule has 0 bridgehead atoms. The molecule has 0 aliphatic rings. The van der Waals surface area contributed by atoms with E-state index < -0.39 is 0 Å². The van der Waals surface area contributed by atoms with Gasteiger partial charge in [-0.15, -0.1) is 0 Å². The maximum absolute atomic E-state index is 5.45. The summed E-state index contributed by atoms with van der Waals surface area (Å²) in [4.78, 5) is 2.20. The third-order valence-corrected chi connectivity index (χ3v) is 2.59. The lowest BCUT2D eigenvalue weighted by Crippen LogP contribution is -2.31. The Balaban J connectivity index is 2.72. The van der Waals surface area contributed by atoms with Crippen LogP contribution in [0, 0.1) is 0 Å². The number of nitrogens with one attached hydrogen (secondary N) is 1. The van der Waals surface area contributed by atoms with Crippen LogP contribution in [0.5, 0.6) is 5.75 Å². The summed E-state index contributed by atoms with van der Waals surface area (Å²) >= 11 is 0. The molecular formula is C14H24N2O. The van der Waals surface area contributed by atoms with Gasteiger partial charge in [0, 0.05) is 12.6 Å². The topological polar surface area (TPSA) is 24.5 Å². The van der Waals surface area contributed by atoms with Crippen molar-refractivity contribution in [3.63, 3.8) is 0 Å². The summed E-state index contributed by atoms with van der Waals surface area (Å²) in [6.07, 6.45) is 0. The molecule has 96 valence electrons. The second-order valence-corrected chi connectivity index (χ2v) is 4.37. The van der Waals surface area contributed by atoms with Gasteiger partial charge in [-0.1, -0.05) is 19.1 Å². The van der Waals surface area contributed by atoms with Crippen LogP contribution in [0.3, 0.4) is 0 Å². The van der Waals surface area contributed by atoms with Crippen molar-refractivity contribution in [2.75, 3.05) is 33.8 Å². The van der Waals surface area contributed by atoms with E-state index in [9.17, 15) is 0 Å². The first-order valence-corrected chi connectivity index (χ1v) is 6.28. The van der Waals surface area contributed by atoms with Crippen molar-refractivity contribution in [2.24, 2.45) is 0 Å². The standard InChI is InChI=1S/C14H24N2O/c1-5-15-14(11-16(3)4)12-7-9-13(10-8-12)17-6-2/h7-10,14-15H,5-6,11H2,1-4H3. The third kappa shape index (κ3) is 4.75. The zero-order valence-corrected chi connectivity index (χ0v) is 11.4. The smallest absolute Gasteiger partial charge is 0.119 e. The van der Waals surface area contributed by atoms with Crippen LogP contribution in [-0.2, 0) is 0 Å². The number of ether oxygens (including phenoxy) is 1. The average molecular weight is 236 g/mol. The molecule has 1 aromatic carbocycles. The van der Waals surface area contributed by atoms with E-state index in [0.29, 0.717) is 12.6 Å². The molecule has 1 atom stereocenters. The van der Waals surface area contributed by atoms with Gasteiger partial charge in [-0.25, -0.2) is 0 Å². The Morgan fingerprint density at radius 2 is 1.82 bits per heavy atom. The van der Waals surface area contributed by atoms with Crippen LogP contribution in [0.25, 0.3) is 0 Å². The van der Waals surface area contributed by atoms with Crippen molar-refractivity contribution < 1.29 is 4.74 Å². The van der Waals surface area contributed by atoms with Gasteiger partial charge in [-0.05, 0) is 45.3 Å². The van der Waals surface area contributed by atoms with Crippen LogP contribution in [0.15, 0.2) is 24.3 Å². The van der Waals surface area contributed by atoms with E-state index in [1.807, 2.05) is 19.1 Å². The minimum Gasteiger partial charge on any atom is -0.494 e. The summed E-state index contributed by atoms with van der Waals surface area (Å²) in [6, 6.07) is 8.74. The lowest BCUT2D eigenvalue weighted by molar-refractivity contribution is 0.337. The van der Waals surface area contributed by atoms with Gasteiger partial charge in [0.05, 0.1) is 6.61 Å². The van der Waals surface area contributed by atoms with Crippen LogP contribution in [0.1, 0.15) is 25.5 Å². The highest BCUT2D eigenvalue weighted by molar-refractivity contribution is 5.29. The molecule has 0 aliphatic carbocycles. The van der Waals surface area contributed by atoms with Gasteiger partial charge in [-0.2, -0.15) is 0 Å². The number of rotatable bonds is 7. The number of hydrogen-bond donors (Lipinski definition) is 1. The summed E-state index contributed by atoms with van der Waals surface area (Å²) in [5.41, 5.74) is 1.31. The molecule has 1 unspecified atom stereocenters. The van der Waals surface area contributed by atoms with Gasteiger partial charge in [0.15, 0.2) is 0 Å². The monoisotopic (exact) mass is 236 g/mol. The van der Waals surface area contributed by atoms with Crippen molar-refractivity contribution in [3.8, 4) is 5.75 Å². The fraction of sp³-hybridized carbons (Fsp3) is 0.571. The third-order valence-electron chi connectivity index (χ3n) is 2.59. The number of hydrogen-bond acceptors (Lipinski definition) is 3. The molecule has 3 heteroatoms. The first-order valence-electron chi connectivity index (χ1n) is 6.28. The first kappa shape index (κ1) is 14.0. The Bertz CT molecular complexity index is 309. The van der Waals surface area contributed by atoms with Crippen LogP contribution < -0.4 is 10.1 Å². The molecule has 0 fully saturated rings. The Kier molecular flexibility index (Phi) is 6.01. The summed E-state index contributed by atoms with van der Waals surface area (Å²) in [5, 5.41) is 3.50. The van der Waals surface area contributed by atoms with Crippen molar-refractivity contribution >= 4 is 0 Å². The van der Waals surface area contributed by atoms with E-state index in [-0.39, 0.29) is 0 Å². The number of nitrogens with zero attached hydrogens (tertiary/aromatic N) is 1. The molecular weight excluding hydrogens is 212 g/mol. The van der Waals surface area contributed by atoms with Gasteiger partial charge >= 0.3 is 0 Å². The Hall–Kier alpha value is -1.06. The molecule has 1 N–H and O–H groups in total. The highest BCUT2D eigenvalue weighted by atomic mass is 16.5. The van der Waals surface area contributed by atoms with E-state index in [0.717, 1.165) is 18.8 Å². The van der Waals surface area contributed by atoms with Crippen LogP contribution in [0.4, 0.5) is 0 Å². The molecule has 0 saturated carbocycles. The predicted octanol–water partition coefficient (Wildman–Crippen LogP) is 2.30. The zero-order valence-electron chi connectivity index (χ0n) is 11.4. The van der Waals surface area contributed by atoms with Gasteiger partial charge in [-0.3, -0.25) is 0 Å². The Labute approximate surface area is 105 Å². The summed E-state index contributed by atoms with van der Waals surface area (Å²) in [7, 11) is 4.19. The number of likely N-dealkylation sites (N-methyl/N-ethyl adjacent to an activating group) is 2. The fourth-order valence-corrected chi connectivity index (χ4v) is 1.86. The maximum Gasteiger partial charge on any atom is 0.119 e. The second kappa shape index (κ2) is 7.30. The first-order chi connectivity index (χ1) is 8.17. The molecule has 1 aromatic rings. The van der Waals surface area contributed by atoms with E-state index in [1.54, 1.807) is 0 Å². The molecule has 0 spiro atoms. The predicted molar refractivity (Wildman–Crippen MR) is 72.6 cm³/mol. The average Bonchev–Trinajstić information content (AvgIpc) is 2.29. The lowest BCUT2D eigenvalue weighted by Gasteiger charge is -2.22. The molecule has 0 amide bonds. The molecule has 0 saturated heterocycles. The lowest BCUT2D eigenvalue weighted by atomic mass is 10.1. The largest absolute Gasteiger partial charge is 0.494 e. The van der Waals surface area contributed by atoms with Gasteiger partial charge < -0.3 is 15.0 Å². The van der Waals surface area contributed by atoms with E-state index in [2.05, 4.69) is 43.4 Å². The van der Waals surface area contributed by atoms with Crippen LogP contribution in [-0.4, -0.2) is 38.7 Å². The number of benzene rings is 1. The molecule has 0 heterocycles. The van der Waals surface area contributed by atoms with Crippen LogP contribution in [0.2, 0.25) is 0 Å². The van der Waals surface area contributed by atoms with Gasteiger partial charge in [0.1, 0.15) is 5.75 Å². The van der Waals surface area contributed by atoms with Crippen molar-refractivity contribution in [1.29, 1.82) is 0 Å². The zero-order chi connectivity index (χ0) is 12.7. The normalized spacial score (nSPS) is 12.8. The molecule has 0 aliphatic heterocycles. The van der Waals surface area contributed by atoms with E-state index >= 15 is 0 Å². The molecule has 0 radical (unpaired) electrons. The van der Waals surface area contributed by atoms with Crippen molar-refractivity contribution in [1.82, 2.24) is 10.2 Å². The molecule has 0 aromatic heterocycles. The van der Waals surface area contributed by atoms with Gasteiger partial charge in [0.25, 0.3) is 0 Å². The van der Waals surface area contributed by atoms with E-state index in [4.69, 9.17) is 4.74 Å². The SMILES string of the molecule is CCNC(CN(C)C)c1ccc(OCC)cc1. The summed E-state index contributed by atoms with van der Waals surface area (Å²) in [6.45, 7) is 6.83. The quantitative estimate of drug-likeness (QED) is 0.786. The maximum atomic E-state index is 5.45. The molecule has 17 heavy (non-hydrogen) atoms. The van der Waals surface area contributed by atoms with Crippen molar-refractivity contribution in [2.45, 2.75) is 19.9 Å². The second-order valence-electron chi connectivity index (χ2n) is 4.37. The highest BCUT2D eigenvalue weighted by Gasteiger charge is 2.10. The Morgan fingerprint density at radius 3 is 2.29 bits per heavy atom. The minimum absolute atomic E-state index is 0.380. The van der Waals surface area contributed by atoms with E-state index in [1.165, 1.54) is 5.56 Å². The molecule has 1 rings (SSSR count).